The summed E-state index contributed by atoms with van der Waals surface area (Å²) in [5.41, 5.74) is 3.17. The molecule has 0 saturated carbocycles. The summed E-state index contributed by atoms with van der Waals surface area (Å²) in [5, 5.41) is 0. The molecule has 0 atom stereocenters. The molecule has 2 nitrogen and oxygen atoms in total. The Labute approximate surface area is 82.2 Å². The Morgan fingerprint density at radius 3 is 2.57 bits per heavy atom. The molecule has 0 fully saturated rings. The van der Waals surface area contributed by atoms with Crippen LogP contribution in [-0.4, -0.2) is 4.98 Å². The first kappa shape index (κ1) is 8.75. The van der Waals surface area contributed by atoms with Gasteiger partial charge in [0.1, 0.15) is 0 Å². The Morgan fingerprint density at radius 1 is 1.07 bits per heavy atom. The van der Waals surface area contributed by atoms with E-state index in [0.29, 0.717) is 0 Å². The van der Waals surface area contributed by atoms with Crippen molar-refractivity contribution in [1.82, 2.24) is 4.98 Å². The van der Waals surface area contributed by atoms with Gasteiger partial charge in [0.15, 0.2) is 0 Å². The highest BCUT2D eigenvalue weighted by Crippen LogP contribution is 2.17. The summed E-state index contributed by atoms with van der Waals surface area (Å²) in [6.07, 6.45) is 1.67. The summed E-state index contributed by atoms with van der Waals surface area (Å²) in [4.78, 5) is 13.7. The van der Waals surface area contributed by atoms with Crippen LogP contribution in [0, 0.1) is 6.92 Å². The molecule has 2 rings (SSSR count). The van der Waals surface area contributed by atoms with E-state index in [2.05, 4.69) is 11.1 Å². The van der Waals surface area contributed by atoms with Crippen LogP contribution in [0.5, 0.6) is 0 Å². The van der Waals surface area contributed by atoms with Crippen LogP contribution in [0.1, 0.15) is 5.56 Å². The van der Waals surface area contributed by atoms with Crippen LogP contribution in [-0.2, 0) is 0 Å². The lowest BCUT2D eigenvalue weighted by molar-refractivity contribution is 1.24. The highest BCUT2D eigenvalue weighted by molar-refractivity contribution is 5.63. The van der Waals surface area contributed by atoms with Crippen LogP contribution < -0.4 is 5.56 Å². The Balaban J connectivity index is 2.55. The first-order valence-electron chi connectivity index (χ1n) is 4.51. The van der Waals surface area contributed by atoms with Crippen molar-refractivity contribution in [3.63, 3.8) is 0 Å². The average molecular weight is 185 g/mol. The molecule has 0 aliphatic heterocycles. The fourth-order valence-corrected chi connectivity index (χ4v) is 1.45. The van der Waals surface area contributed by atoms with Crippen LogP contribution >= 0.6 is 0 Å². The fraction of sp³-hybridized carbons (Fsp3) is 0.0833. The van der Waals surface area contributed by atoms with Gasteiger partial charge in [0.25, 0.3) is 0 Å². The maximum Gasteiger partial charge on any atom is 0.248 e. The van der Waals surface area contributed by atoms with Gasteiger partial charge in [0.2, 0.25) is 5.56 Å². The zero-order valence-corrected chi connectivity index (χ0v) is 7.95. The third-order valence-electron chi connectivity index (χ3n) is 2.13. The number of aromatic nitrogens is 1. The summed E-state index contributed by atoms with van der Waals surface area (Å²) in [7, 11) is 0. The van der Waals surface area contributed by atoms with Crippen molar-refractivity contribution in [3.8, 4) is 11.1 Å². The third kappa shape index (κ3) is 1.74. The molecule has 0 unspecified atom stereocenters. The number of aryl methyl sites for hydroxylation is 1. The van der Waals surface area contributed by atoms with E-state index in [-0.39, 0.29) is 5.56 Å². The van der Waals surface area contributed by atoms with Crippen molar-refractivity contribution in [1.29, 1.82) is 0 Å². The minimum atomic E-state index is -0.0657. The SMILES string of the molecule is Cc1cccc(-c2cc[nH]c(=O)c2)c1. The maximum absolute atomic E-state index is 11.1. The fourth-order valence-electron chi connectivity index (χ4n) is 1.45. The van der Waals surface area contributed by atoms with E-state index < -0.39 is 0 Å². The molecule has 0 bridgehead atoms. The lowest BCUT2D eigenvalue weighted by atomic mass is 10.1. The Kier molecular flexibility index (Phi) is 2.19. The van der Waals surface area contributed by atoms with E-state index in [1.54, 1.807) is 12.3 Å². The van der Waals surface area contributed by atoms with Gasteiger partial charge < -0.3 is 4.98 Å². The number of nitrogens with one attached hydrogen (secondary N) is 1. The van der Waals surface area contributed by atoms with E-state index >= 15 is 0 Å². The number of hydrogen-bond acceptors (Lipinski definition) is 1. The molecule has 0 aliphatic rings. The van der Waals surface area contributed by atoms with Gasteiger partial charge in [-0.25, -0.2) is 0 Å². The average Bonchev–Trinajstić information content (AvgIpc) is 2.18. The topological polar surface area (TPSA) is 32.9 Å². The van der Waals surface area contributed by atoms with Crippen LogP contribution in [0.15, 0.2) is 47.4 Å². The molecular formula is C12H11NO. The van der Waals surface area contributed by atoms with Gasteiger partial charge in [-0.15, -0.1) is 0 Å². The largest absolute Gasteiger partial charge is 0.329 e. The predicted molar refractivity (Wildman–Crippen MR) is 57.2 cm³/mol. The number of aromatic amines is 1. The number of hydrogen-bond donors (Lipinski definition) is 1. The van der Waals surface area contributed by atoms with Crippen LogP contribution in [0.3, 0.4) is 0 Å². The number of rotatable bonds is 1. The molecule has 1 aromatic heterocycles. The zero-order valence-electron chi connectivity index (χ0n) is 7.95. The highest BCUT2D eigenvalue weighted by atomic mass is 16.1. The van der Waals surface area contributed by atoms with Crippen LogP contribution in [0.2, 0.25) is 0 Å². The van der Waals surface area contributed by atoms with Gasteiger partial charge in [-0.1, -0.05) is 29.8 Å². The van der Waals surface area contributed by atoms with Crippen molar-refractivity contribution in [2.75, 3.05) is 0 Å². The normalized spacial score (nSPS) is 10.1. The second-order valence-electron chi connectivity index (χ2n) is 3.31. The maximum atomic E-state index is 11.1. The molecule has 2 aromatic rings. The summed E-state index contributed by atoms with van der Waals surface area (Å²) < 4.78 is 0. The van der Waals surface area contributed by atoms with Crippen LogP contribution in [0.4, 0.5) is 0 Å². The summed E-state index contributed by atoms with van der Waals surface area (Å²) in [6.45, 7) is 2.04. The second-order valence-corrected chi connectivity index (χ2v) is 3.31. The smallest absolute Gasteiger partial charge is 0.248 e. The molecule has 0 radical (unpaired) electrons. The zero-order chi connectivity index (χ0) is 9.97. The van der Waals surface area contributed by atoms with Gasteiger partial charge in [-0.3, -0.25) is 4.79 Å². The van der Waals surface area contributed by atoms with Gasteiger partial charge >= 0.3 is 0 Å². The molecule has 1 N–H and O–H groups in total. The Morgan fingerprint density at radius 2 is 1.86 bits per heavy atom. The quantitative estimate of drug-likeness (QED) is 0.726. The molecule has 0 aliphatic carbocycles. The molecule has 0 saturated heterocycles. The minimum Gasteiger partial charge on any atom is -0.329 e. The molecule has 1 aromatic carbocycles. The first-order valence-corrected chi connectivity index (χ1v) is 4.51. The Bertz CT molecular complexity index is 499. The molecule has 1 heterocycles. The van der Waals surface area contributed by atoms with Crippen molar-refractivity contribution >= 4 is 0 Å². The van der Waals surface area contributed by atoms with E-state index in [1.165, 1.54) is 5.56 Å². The molecule has 0 spiro atoms. The van der Waals surface area contributed by atoms with Crippen molar-refractivity contribution in [3.05, 3.63) is 58.5 Å². The standard InChI is InChI=1S/C12H11NO/c1-9-3-2-4-10(7-9)11-5-6-13-12(14)8-11/h2-8H,1H3,(H,13,14). The van der Waals surface area contributed by atoms with Gasteiger partial charge in [0.05, 0.1) is 0 Å². The van der Waals surface area contributed by atoms with Gasteiger partial charge in [0, 0.05) is 12.3 Å². The molecule has 14 heavy (non-hydrogen) atoms. The second kappa shape index (κ2) is 3.50. The Hall–Kier alpha value is -1.83. The number of benzene rings is 1. The monoisotopic (exact) mass is 185 g/mol. The summed E-state index contributed by atoms with van der Waals surface area (Å²) in [6, 6.07) is 11.6. The molecule has 70 valence electrons. The van der Waals surface area contributed by atoms with E-state index in [4.69, 9.17) is 0 Å². The number of pyridine rings is 1. The minimum absolute atomic E-state index is 0.0657. The van der Waals surface area contributed by atoms with Gasteiger partial charge in [-0.2, -0.15) is 0 Å². The highest BCUT2D eigenvalue weighted by Gasteiger charge is 1.97. The summed E-state index contributed by atoms with van der Waals surface area (Å²) >= 11 is 0. The number of H-pyrrole nitrogens is 1. The van der Waals surface area contributed by atoms with Crippen molar-refractivity contribution < 1.29 is 0 Å². The van der Waals surface area contributed by atoms with Crippen LogP contribution in [0.25, 0.3) is 11.1 Å². The van der Waals surface area contributed by atoms with Crippen molar-refractivity contribution in [2.24, 2.45) is 0 Å². The predicted octanol–water partition coefficient (Wildman–Crippen LogP) is 2.35. The van der Waals surface area contributed by atoms with E-state index in [0.717, 1.165) is 11.1 Å². The van der Waals surface area contributed by atoms with Gasteiger partial charge in [-0.05, 0) is 24.1 Å². The molecule has 0 amide bonds. The molecule has 2 heteroatoms. The lowest BCUT2D eigenvalue weighted by Crippen LogP contribution is -2.01. The van der Waals surface area contributed by atoms with Crippen molar-refractivity contribution in [2.45, 2.75) is 6.92 Å². The molecular weight excluding hydrogens is 174 g/mol. The van der Waals surface area contributed by atoms with E-state index in [9.17, 15) is 4.79 Å². The van der Waals surface area contributed by atoms with E-state index in [1.807, 2.05) is 31.2 Å². The lowest BCUT2D eigenvalue weighted by Gasteiger charge is -2.01. The first-order chi connectivity index (χ1) is 6.75. The summed E-state index contributed by atoms with van der Waals surface area (Å²) in [5.74, 6) is 0. The third-order valence-corrected chi connectivity index (χ3v) is 2.13.